The zero-order valence-corrected chi connectivity index (χ0v) is 12.8. The molecule has 1 aromatic rings. The first-order valence-electron chi connectivity index (χ1n) is 6.69. The van der Waals surface area contributed by atoms with Crippen molar-refractivity contribution in [2.24, 2.45) is 0 Å². The molecule has 0 bridgehead atoms. The molecule has 20 heavy (non-hydrogen) atoms. The van der Waals surface area contributed by atoms with Crippen LogP contribution in [0.25, 0.3) is 0 Å². The standard InChI is InChI=1S/C15H23F3N2/c1-11(2)12-8-13(15(16,17)18)10-14(9-12)20(5)7-6-19(3)4/h8-11H,6-7H2,1-5H3. The van der Waals surface area contributed by atoms with Gasteiger partial charge in [0.25, 0.3) is 0 Å². The highest BCUT2D eigenvalue weighted by molar-refractivity contribution is 5.52. The molecule has 2 nitrogen and oxygen atoms in total. The van der Waals surface area contributed by atoms with Gasteiger partial charge in [-0.1, -0.05) is 13.8 Å². The van der Waals surface area contributed by atoms with Crippen LogP contribution in [-0.4, -0.2) is 39.1 Å². The minimum absolute atomic E-state index is 0.0679. The summed E-state index contributed by atoms with van der Waals surface area (Å²) in [4.78, 5) is 3.87. The number of rotatable bonds is 5. The topological polar surface area (TPSA) is 6.48 Å². The molecule has 1 rings (SSSR count). The highest BCUT2D eigenvalue weighted by Crippen LogP contribution is 2.34. The minimum atomic E-state index is -4.30. The Labute approximate surface area is 119 Å². The fourth-order valence-electron chi connectivity index (χ4n) is 1.83. The van der Waals surface area contributed by atoms with Gasteiger partial charge in [-0.2, -0.15) is 13.2 Å². The summed E-state index contributed by atoms with van der Waals surface area (Å²) >= 11 is 0. The van der Waals surface area contributed by atoms with Gasteiger partial charge in [0, 0.05) is 25.8 Å². The van der Waals surface area contributed by atoms with Gasteiger partial charge in [0.2, 0.25) is 0 Å². The molecule has 0 spiro atoms. The summed E-state index contributed by atoms with van der Waals surface area (Å²) in [5, 5.41) is 0. The van der Waals surface area contributed by atoms with Crippen molar-refractivity contribution in [3.63, 3.8) is 0 Å². The summed E-state index contributed by atoms with van der Waals surface area (Å²) in [5.41, 5.74) is 0.757. The molecule has 0 saturated heterocycles. The second kappa shape index (κ2) is 6.48. The summed E-state index contributed by atoms with van der Waals surface area (Å²) in [6.45, 7) is 5.29. The number of halogens is 3. The van der Waals surface area contributed by atoms with Crippen LogP contribution in [-0.2, 0) is 6.18 Å². The predicted molar refractivity (Wildman–Crippen MR) is 77.4 cm³/mol. The van der Waals surface area contributed by atoms with E-state index in [4.69, 9.17) is 0 Å². The van der Waals surface area contributed by atoms with Crippen molar-refractivity contribution < 1.29 is 13.2 Å². The second-order valence-corrected chi connectivity index (χ2v) is 5.69. The van der Waals surface area contributed by atoms with Crippen LogP contribution >= 0.6 is 0 Å². The molecular weight excluding hydrogens is 265 g/mol. The molecule has 0 aromatic heterocycles. The Bertz CT molecular complexity index is 439. The van der Waals surface area contributed by atoms with Gasteiger partial charge in [-0.25, -0.2) is 0 Å². The highest BCUT2D eigenvalue weighted by atomic mass is 19.4. The van der Waals surface area contributed by atoms with Crippen molar-refractivity contribution in [2.45, 2.75) is 25.9 Å². The van der Waals surface area contributed by atoms with Crippen LogP contribution in [0.5, 0.6) is 0 Å². The lowest BCUT2D eigenvalue weighted by atomic mass is 9.99. The molecule has 0 radical (unpaired) electrons. The normalized spacial score (nSPS) is 12.3. The van der Waals surface area contributed by atoms with Gasteiger partial charge in [-0.15, -0.1) is 0 Å². The largest absolute Gasteiger partial charge is 0.416 e. The molecule has 0 saturated carbocycles. The van der Waals surface area contributed by atoms with Crippen molar-refractivity contribution in [3.8, 4) is 0 Å². The lowest BCUT2D eigenvalue weighted by molar-refractivity contribution is -0.137. The van der Waals surface area contributed by atoms with Gasteiger partial charge in [-0.3, -0.25) is 0 Å². The lowest BCUT2D eigenvalue weighted by Crippen LogP contribution is -2.28. The number of nitrogens with zero attached hydrogens (tertiary/aromatic N) is 2. The summed E-state index contributed by atoms with van der Waals surface area (Å²) in [6, 6.07) is 4.31. The van der Waals surface area contributed by atoms with Crippen LogP contribution in [0.3, 0.4) is 0 Å². The van der Waals surface area contributed by atoms with Gasteiger partial charge in [-0.05, 0) is 43.8 Å². The van der Waals surface area contributed by atoms with Crippen LogP contribution in [0, 0.1) is 0 Å². The average Bonchev–Trinajstić information content (AvgIpc) is 2.34. The molecule has 0 N–H and O–H groups in total. The van der Waals surface area contributed by atoms with E-state index in [2.05, 4.69) is 0 Å². The molecule has 0 amide bonds. The first kappa shape index (κ1) is 16.8. The van der Waals surface area contributed by atoms with E-state index < -0.39 is 11.7 Å². The van der Waals surface area contributed by atoms with Crippen molar-refractivity contribution >= 4 is 5.69 Å². The molecule has 0 aliphatic carbocycles. The summed E-state index contributed by atoms with van der Waals surface area (Å²) in [5.74, 6) is 0.0679. The number of hydrogen-bond donors (Lipinski definition) is 0. The average molecular weight is 288 g/mol. The number of benzene rings is 1. The predicted octanol–water partition coefficient (Wildman–Crippen LogP) is 3.83. The fraction of sp³-hybridized carbons (Fsp3) is 0.600. The number of hydrogen-bond acceptors (Lipinski definition) is 2. The van der Waals surface area contributed by atoms with Gasteiger partial charge in [0.1, 0.15) is 0 Å². The smallest absolute Gasteiger partial charge is 0.373 e. The first-order valence-corrected chi connectivity index (χ1v) is 6.69. The van der Waals surface area contributed by atoms with Gasteiger partial charge >= 0.3 is 6.18 Å². The fourth-order valence-corrected chi connectivity index (χ4v) is 1.83. The highest BCUT2D eigenvalue weighted by Gasteiger charge is 2.31. The Morgan fingerprint density at radius 3 is 2.05 bits per heavy atom. The molecule has 1 aromatic carbocycles. The van der Waals surface area contributed by atoms with E-state index in [0.29, 0.717) is 17.8 Å². The van der Waals surface area contributed by atoms with E-state index in [1.165, 1.54) is 12.1 Å². The van der Waals surface area contributed by atoms with E-state index in [9.17, 15) is 13.2 Å². The van der Waals surface area contributed by atoms with Crippen molar-refractivity contribution in [1.29, 1.82) is 0 Å². The minimum Gasteiger partial charge on any atom is -0.373 e. The number of alkyl halides is 3. The Morgan fingerprint density at radius 1 is 1.00 bits per heavy atom. The van der Waals surface area contributed by atoms with Crippen LogP contribution in [0.1, 0.15) is 30.9 Å². The molecular formula is C15H23F3N2. The van der Waals surface area contributed by atoms with E-state index in [1.54, 1.807) is 0 Å². The third-order valence-electron chi connectivity index (χ3n) is 3.26. The Morgan fingerprint density at radius 2 is 1.60 bits per heavy atom. The number of likely N-dealkylation sites (N-methyl/N-ethyl adjacent to an activating group) is 2. The summed E-state index contributed by atoms with van der Waals surface area (Å²) in [6.07, 6.45) is -4.30. The van der Waals surface area contributed by atoms with Crippen molar-refractivity contribution in [1.82, 2.24) is 4.90 Å². The van der Waals surface area contributed by atoms with Crippen LogP contribution < -0.4 is 4.90 Å². The SMILES string of the molecule is CC(C)c1cc(N(C)CCN(C)C)cc(C(F)(F)F)c1. The third kappa shape index (κ3) is 4.71. The monoisotopic (exact) mass is 288 g/mol. The second-order valence-electron chi connectivity index (χ2n) is 5.69. The maximum Gasteiger partial charge on any atom is 0.416 e. The van der Waals surface area contributed by atoms with Crippen LogP contribution in [0.2, 0.25) is 0 Å². The quantitative estimate of drug-likeness (QED) is 0.812. The van der Waals surface area contributed by atoms with E-state index in [0.717, 1.165) is 6.54 Å². The zero-order valence-electron chi connectivity index (χ0n) is 12.8. The van der Waals surface area contributed by atoms with Gasteiger partial charge < -0.3 is 9.80 Å². The zero-order chi connectivity index (χ0) is 15.5. The van der Waals surface area contributed by atoms with Crippen LogP contribution in [0.15, 0.2) is 18.2 Å². The summed E-state index contributed by atoms with van der Waals surface area (Å²) < 4.78 is 38.9. The van der Waals surface area contributed by atoms with Gasteiger partial charge in [0.05, 0.1) is 5.56 Å². The molecule has 5 heteroatoms. The summed E-state index contributed by atoms with van der Waals surface area (Å²) in [7, 11) is 5.71. The lowest BCUT2D eigenvalue weighted by Gasteiger charge is -2.24. The maximum atomic E-state index is 13.0. The van der Waals surface area contributed by atoms with Crippen LogP contribution in [0.4, 0.5) is 18.9 Å². The number of anilines is 1. The van der Waals surface area contributed by atoms with Crippen molar-refractivity contribution in [2.75, 3.05) is 39.1 Å². The molecule has 0 aliphatic rings. The van der Waals surface area contributed by atoms with E-state index in [-0.39, 0.29) is 5.92 Å². The molecule has 0 aliphatic heterocycles. The molecule has 0 atom stereocenters. The molecule has 0 heterocycles. The Kier molecular flexibility index (Phi) is 5.45. The van der Waals surface area contributed by atoms with Gasteiger partial charge in [0.15, 0.2) is 0 Å². The molecule has 0 unspecified atom stereocenters. The Balaban J connectivity index is 3.09. The van der Waals surface area contributed by atoms with E-state index in [1.807, 2.05) is 50.9 Å². The Hall–Kier alpha value is -1.23. The van der Waals surface area contributed by atoms with E-state index >= 15 is 0 Å². The molecule has 0 fully saturated rings. The first-order chi connectivity index (χ1) is 9.11. The molecule has 114 valence electrons. The van der Waals surface area contributed by atoms with Crippen molar-refractivity contribution in [3.05, 3.63) is 29.3 Å². The maximum absolute atomic E-state index is 13.0. The third-order valence-corrected chi connectivity index (χ3v) is 3.26.